The molecule has 3 aromatic rings. The number of carbonyl (C=O) groups is 1. The molecule has 0 saturated heterocycles. The first-order valence-corrected chi connectivity index (χ1v) is 6.99. The molecule has 0 fully saturated rings. The molecule has 2 aromatic carbocycles. The highest BCUT2D eigenvalue weighted by Gasteiger charge is 2.16. The SMILES string of the molecule is Cn1cc(C(=O)Nc2ccccc2-c2cc(F)c(F)cc2F)cn1. The Morgan fingerprint density at radius 3 is 2.46 bits per heavy atom. The number of hydrogen-bond donors (Lipinski definition) is 1. The summed E-state index contributed by atoms with van der Waals surface area (Å²) in [6.45, 7) is 0. The number of aromatic nitrogens is 2. The third kappa shape index (κ3) is 3.01. The molecule has 0 bridgehead atoms. The van der Waals surface area contributed by atoms with Crippen molar-refractivity contribution in [2.24, 2.45) is 7.05 Å². The van der Waals surface area contributed by atoms with Gasteiger partial charge in [-0.3, -0.25) is 9.48 Å². The van der Waals surface area contributed by atoms with Gasteiger partial charge in [-0.25, -0.2) is 13.2 Å². The first kappa shape index (κ1) is 15.8. The van der Waals surface area contributed by atoms with Crippen LogP contribution in [0.4, 0.5) is 18.9 Å². The second-order valence-electron chi connectivity index (χ2n) is 5.15. The molecule has 122 valence electrons. The van der Waals surface area contributed by atoms with E-state index in [0.717, 1.165) is 6.07 Å². The van der Waals surface area contributed by atoms with Gasteiger partial charge in [-0.1, -0.05) is 18.2 Å². The topological polar surface area (TPSA) is 46.9 Å². The molecule has 0 radical (unpaired) electrons. The summed E-state index contributed by atoms with van der Waals surface area (Å²) in [5.74, 6) is -3.80. The number of nitrogens with zero attached hydrogens (tertiary/aromatic N) is 2. The molecule has 1 amide bonds. The number of carbonyl (C=O) groups excluding carboxylic acids is 1. The highest BCUT2D eigenvalue weighted by Crippen LogP contribution is 2.31. The van der Waals surface area contributed by atoms with Crippen LogP contribution < -0.4 is 5.32 Å². The van der Waals surface area contributed by atoms with Crippen molar-refractivity contribution in [3.05, 3.63) is 71.8 Å². The predicted molar refractivity (Wildman–Crippen MR) is 82.9 cm³/mol. The van der Waals surface area contributed by atoms with E-state index in [2.05, 4.69) is 10.4 Å². The van der Waals surface area contributed by atoms with Crippen LogP contribution in [0.5, 0.6) is 0 Å². The normalized spacial score (nSPS) is 10.7. The number of anilines is 1. The number of para-hydroxylation sites is 1. The lowest BCUT2D eigenvalue weighted by Gasteiger charge is -2.12. The van der Waals surface area contributed by atoms with E-state index >= 15 is 0 Å². The monoisotopic (exact) mass is 331 g/mol. The van der Waals surface area contributed by atoms with Crippen LogP contribution in [0.2, 0.25) is 0 Å². The average molecular weight is 331 g/mol. The van der Waals surface area contributed by atoms with Crippen LogP contribution in [0.25, 0.3) is 11.1 Å². The Kier molecular flexibility index (Phi) is 4.07. The number of rotatable bonds is 3. The van der Waals surface area contributed by atoms with E-state index in [1.165, 1.54) is 23.1 Å². The van der Waals surface area contributed by atoms with Crippen LogP contribution in [-0.2, 0) is 7.05 Å². The number of aryl methyl sites for hydroxylation is 1. The molecule has 0 atom stereocenters. The summed E-state index contributed by atoms with van der Waals surface area (Å²) < 4.78 is 42.1. The fourth-order valence-electron chi connectivity index (χ4n) is 2.29. The van der Waals surface area contributed by atoms with Crippen molar-refractivity contribution >= 4 is 11.6 Å². The maximum absolute atomic E-state index is 14.0. The van der Waals surface area contributed by atoms with E-state index in [0.29, 0.717) is 11.6 Å². The zero-order valence-electron chi connectivity index (χ0n) is 12.6. The third-order valence-electron chi connectivity index (χ3n) is 3.44. The summed E-state index contributed by atoms with van der Waals surface area (Å²) in [5.41, 5.74) is 0.691. The summed E-state index contributed by atoms with van der Waals surface area (Å²) >= 11 is 0. The minimum absolute atomic E-state index is 0.143. The van der Waals surface area contributed by atoms with Crippen molar-refractivity contribution in [1.82, 2.24) is 9.78 Å². The molecular formula is C17H12F3N3O. The molecular weight excluding hydrogens is 319 g/mol. The molecule has 1 aromatic heterocycles. The fraction of sp³-hybridized carbons (Fsp3) is 0.0588. The number of hydrogen-bond acceptors (Lipinski definition) is 2. The zero-order valence-corrected chi connectivity index (χ0v) is 12.6. The maximum Gasteiger partial charge on any atom is 0.258 e. The molecule has 1 N–H and O–H groups in total. The molecule has 1 heterocycles. The summed E-state index contributed by atoms with van der Waals surface area (Å²) in [7, 11) is 1.67. The summed E-state index contributed by atoms with van der Waals surface area (Å²) in [6, 6.07) is 7.54. The molecule has 24 heavy (non-hydrogen) atoms. The maximum atomic E-state index is 14.0. The number of halogens is 3. The van der Waals surface area contributed by atoms with Crippen molar-refractivity contribution in [2.45, 2.75) is 0 Å². The average Bonchev–Trinajstić information content (AvgIpc) is 2.98. The minimum atomic E-state index is -1.27. The smallest absolute Gasteiger partial charge is 0.258 e. The van der Waals surface area contributed by atoms with Crippen molar-refractivity contribution in [3.8, 4) is 11.1 Å². The first-order chi connectivity index (χ1) is 11.5. The highest BCUT2D eigenvalue weighted by molar-refractivity contribution is 6.06. The van der Waals surface area contributed by atoms with Crippen LogP contribution in [0.15, 0.2) is 48.8 Å². The second-order valence-corrected chi connectivity index (χ2v) is 5.15. The van der Waals surface area contributed by atoms with E-state index in [4.69, 9.17) is 0 Å². The van der Waals surface area contributed by atoms with Crippen LogP contribution in [-0.4, -0.2) is 15.7 Å². The largest absolute Gasteiger partial charge is 0.321 e. The van der Waals surface area contributed by atoms with Gasteiger partial charge in [0.2, 0.25) is 0 Å². The van der Waals surface area contributed by atoms with Gasteiger partial charge in [0.15, 0.2) is 11.6 Å². The molecule has 7 heteroatoms. The number of amides is 1. The van der Waals surface area contributed by atoms with E-state index in [9.17, 15) is 18.0 Å². The van der Waals surface area contributed by atoms with Crippen molar-refractivity contribution in [3.63, 3.8) is 0 Å². The van der Waals surface area contributed by atoms with E-state index in [-0.39, 0.29) is 16.8 Å². The molecule has 4 nitrogen and oxygen atoms in total. The molecule has 0 saturated carbocycles. The molecule has 0 aliphatic heterocycles. The molecule has 0 spiro atoms. The van der Waals surface area contributed by atoms with Gasteiger partial charge in [0.25, 0.3) is 5.91 Å². The van der Waals surface area contributed by atoms with Gasteiger partial charge in [-0.05, 0) is 12.1 Å². The summed E-state index contributed by atoms with van der Waals surface area (Å²) in [6.07, 6.45) is 2.91. The van der Waals surface area contributed by atoms with E-state index in [1.54, 1.807) is 25.2 Å². The minimum Gasteiger partial charge on any atom is -0.321 e. The molecule has 0 aliphatic carbocycles. The Hall–Kier alpha value is -3.09. The molecule has 0 unspecified atom stereocenters. The van der Waals surface area contributed by atoms with E-state index < -0.39 is 23.4 Å². The van der Waals surface area contributed by atoms with Crippen molar-refractivity contribution in [1.29, 1.82) is 0 Å². The van der Waals surface area contributed by atoms with Gasteiger partial charge in [0, 0.05) is 36.1 Å². The van der Waals surface area contributed by atoms with E-state index in [1.807, 2.05) is 0 Å². The third-order valence-corrected chi connectivity index (χ3v) is 3.44. The Morgan fingerprint density at radius 2 is 1.75 bits per heavy atom. The predicted octanol–water partition coefficient (Wildman–Crippen LogP) is 3.76. The highest BCUT2D eigenvalue weighted by atomic mass is 19.2. The number of nitrogens with one attached hydrogen (secondary N) is 1. The Balaban J connectivity index is 2.00. The van der Waals surface area contributed by atoms with Gasteiger partial charge in [-0.2, -0.15) is 5.10 Å². The van der Waals surface area contributed by atoms with Gasteiger partial charge in [0.1, 0.15) is 5.82 Å². The van der Waals surface area contributed by atoms with Gasteiger partial charge in [0.05, 0.1) is 11.8 Å². The van der Waals surface area contributed by atoms with Gasteiger partial charge < -0.3 is 5.32 Å². The Morgan fingerprint density at radius 1 is 1.04 bits per heavy atom. The Labute approximate surface area is 135 Å². The quantitative estimate of drug-likeness (QED) is 0.743. The Bertz CT molecular complexity index is 921. The van der Waals surface area contributed by atoms with Crippen LogP contribution in [0, 0.1) is 17.5 Å². The zero-order chi connectivity index (χ0) is 17.3. The summed E-state index contributed by atoms with van der Waals surface area (Å²) in [5, 5.41) is 6.52. The van der Waals surface area contributed by atoms with Crippen LogP contribution in [0.3, 0.4) is 0 Å². The lowest BCUT2D eigenvalue weighted by molar-refractivity contribution is 0.102. The molecule has 3 rings (SSSR count). The van der Waals surface area contributed by atoms with Crippen molar-refractivity contribution < 1.29 is 18.0 Å². The second kappa shape index (κ2) is 6.19. The van der Waals surface area contributed by atoms with Crippen LogP contribution >= 0.6 is 0 Å². The van der Waals surface area contributed by atoms with Gasteiger partial charge >= 0.3 is 0 Å². The molecule has 0 aliphatic rings. The fourth-order valence-corrected chi connectivity index (χ4v) is 2.29. The standard InChI is InChI=1S/C17H12F3N3O/c1-23-9-10(8-21-23)17(24)22-16-5-3-2-4-11(16)12-6-14(19)15(20)7-13(12)18/h2-9H,1H3,(H,22,24). The lowest BCUT2D eigenvalue weighted by atomic mass is 10.0. The van der Waals surface area contributed by atoms with Gasteiger partial charge in [-0.15, -0.1) is 0 Å². The first-order valence-electron chi connectivity index (χ1n) is 6.99. The summed E-state index contributed by atoms with van der Waals surface area (Å²) in [4.78, 5) is 12.2. The van der Waals surface area contributed by atoms with Crippen molar-refractivity contribution in [2.75, 3.05) is 5.32 Å². The lowest BCUT2D eigenvalue weighted by Crippen LogP contribution is -2.12. The van der Waals surface area contributed by atoms with Crippen LogP contribution in [0.1, 0.15) is 10.4 Å². The number of benzene rings is 2.